The third-order valence-corrected chi connectivity index (χ3v) is 5.22. The van der Waals surface area contributed by atoms with Crippen LogP contribution in [0, 0.1) is 11.2 Å². The molecule has 1 spiro atoms. The average Bonchev–Trinajstić information content (AvgIpc) is 2.96. The molecule has 0 saturated carbocycles. The molecule has 2 aliphatic heterocycles. The Balaban J connectivity index is 1.64. The van der Waals surface area contributed by atoms with Gasteiger partial charge in [0.1, 0.15) is 5.82 Å². The molecule has 1 unspecified atom stereocenters. The third kappa shape index (κ3) is 3.59. The van der Waals surface area contributed by atoms with Crippen LogP contribution in [0.4, 0.5) is 4.39 Å². The number of piperidine rings is 1. The van der Waals surface area contributed by atoms with Crippen molar-refractivity contribution in [3.05, 3.63) is 35.6 Å². The Hall–Kier alpha value is -1.95. The number of nitrogens with zero attached hydrogens (tertiary/aromatic N) is 2. The van der Waals surface area contributed by atoms with E-state index in [0.717, 1.165) is 37.9 Å². The van der Waals surface area contributed by atoms with E-state index in [2.05, 4.69) is 4.90 Å². The topological polar surface area (TPSA) is 66.6 Å². The number of halogens is 1. The Kier molecular flexibility index (Phi) is 4.85. The van der Waals surface area contributed by atoms with Gasteiger partial charge in [0.25, 0.3) is 0 Å². The summed E-state index contributed by atoms with van der Waals surface area (Å²) in [5.74, 6) is -0.371. The highest BCUT2D eigenvalue weighted by atomic mass is 19.1. The van der Waals surface area contributed by atoms with Gasteiger partial charge >= 0.3 is 0 Å². The molecule has 2 fully saturated rings. The Bertz CT molecular complexity index is 619. The molecule has 2 aliphatic rings. The van der Waals surface area contributed by atoms with Crippen molar-refractivity contribution >= 4 is 11.8 Å². The summed E-state index contributed by atoms with van der Waals surface area (Å²) in [5, 5.41) is 0. The van der Waals surface area contributed by atoms with E-state index in [1.807, 2.05) is 4.90 Å². The van der Waals surface area contributed by atoms with E-state index in [4.69, 9.17) is 5.73 Å². The Morgan fingerprint density at radius 1 is 1.21 bits per heavy atom. The molecule has 0 aliphatic carbocycles. The van der Waals surface area contributed by atoms with Gasteiger partial charge in [-0.2, -0.15) is 0 Å². The lowest BCUT2D eigenvalue weighted by Crippen LogP contribution is -2.49. The summed E-state index contributed by atoms with van der Waals surface area (Å²) >= 11 is 0. The van der Waals surface area contributed by atoms with Crippen molar-refractivity contribution in [2.24, 2.45) is 11.1 Å². The molecule has 2 N–H and O–H groups in total. The normalized spacial score (nSPS) is 24.7. The van der Waals surface area contributed by atoms with Crippen LogP contribution in [0.25, 0.3) is 0 Å². The predicted octanol–water partition coefficient (Wildman–Crippen LogP) is 1.52. The second-order valence-electron chi connectivity index (χ2n) is 6.98. The van der Waals surface area contributed by atoms with Gasteiger partial charge in [0.05, 0.1) is 5.41 Å². The summed E-state index contributed by atoms with van der Waals surface area (Å²) in [6, 6.07) is 6.33. The monoisotopic (exact) mass is 333 g/mol. The highest BCUT2D eigenvalue weighted by Crippen LogP contribution is 2.40. The number of carbonyl (C=O) groups excluding carboxylic acids is 2. The lowest BCUT2D eigenvalue weighted by molar-refractivity contribution is -0.146. The van der Waals surface area contributed by atoms with Crippen LogP contribution in [0.1, 0.15) is 31.2 Å². The molecule has 0 radical (unpaired) electrons. The molecule has 2 heterocycles. The van der Waals surface area contributed by atoms with Crippen molar-refractivity contribution in [1.29, 1.82) is 0 Å². The maximum absolute atomic E-state index is 13.0. The highest BCUT2D eigenvalue weighted by molar-refractivity contribution is 5.84. The number of carbonyl (C=O) groups is 2. The quantitative estimate of drug-likeness (QED) is 0.888. The number of hydrogen-bond acceptors (Lipinski definition) is 3. The zero-order valence-corrected chi connectivity index (χ0v) is 13.8. The Labute approximate surface area is 141 Å². The lowest BCUT2D eigenvalue weighted by Gasteiger charge is -2.39. The molecule has 5 nitrogen and oxygen atoms in total. The molecule has 1 atom stereocenters. The number of primary amides is 1. The van der Waals surface area contributed by atoms with Crippen LogP contribution in [0.15, 0.2) is 24.3 Å². The largest absolute Gasteiger partial charge is 0.370 e. The van der Waals surface area contributed by atoms with Crippen molar-refractivity contribution in [2.45, 2.75) is 32.2 Å². The second kappa shape index (κ2) is 6.89. The van der Waals surface area contributed by atoms with Gasteiger partial charge in [-0.05, 0) is 43.5 Å². The maximum Gasteiger partial charge on any atom is 0.230 e. The number of amides is 2. The zero-order chi connectivity index (χ0) is 17.2. The van der Waals surface area contributed by atoms with Crippen molar-refractivity contribution in [2.75, 3.05) is 26.2 Å². The summed E-state index contributed by atoms with van der Waals surface area (Å²) in [5.41, 5.74) is 5.84. The van der Waals surface area contributed by atoms with E-state index in [0.29, 0.717) is 26.1 Å². The van der Waals surface area contributed by atoms with Gasteiger partial charge in [0, 0.05) is 32.6 Å². The molecule has 1 aromatic rings. The minimum absolute atomic E-state index is 0.194. The molecule has 2 saturated heterocycles. The third-order valence-electron chi connectivity index (χ3n) is 5.22. The van der Waals surface area contributed by atoms with E-state index in [1.165, 1.54) is 12.1 Å². The minimum Gasteiger partial charge on any atom is -0.370 e. The molecule has 0 bridgehead atoms. The summed E-state index contributed by atoms with van der Waals surface area (Å²) in [6.07, 6.45) is 3.06. The van der Waals surface area contributed by atoms with E-state index < -0.39 is 0 Å². The van der Waals surface area contributed by atoms with Crippen LogP contribution in [0.3, 0.4) is 0 Å². The first-order valence-electron chi connectivity index (χ1n) is 8.53. The highest BCUT2D eigenvalue weighted by Gasteiger charge is 2.48. The van der Waals surface area contributed by atoms with Crippen LogP contribution < -0.4 is 5.73 Å². The SMILES string of the molecule is NC(=O)CCN1CCC2(CCCN(Cc3ccc(F)cc3)C2=O)C1. The maximum atomic E-state index is 13.0. The molecule has 130 valence electrons. The Morgan fingerprint density at radius 2 is 1.96 bits per heavy atom. The van der Waals surface area contributed by atoms with Crippen LogP contribution >= 0.6 is 0 Å². The van der Waals surface area contributed by atoms with Crippen LogP contribution in [-0.4, -0.2) is 47.8 Å². The fraction of sp³-hybridized carbons (Fsp3) is 0.556. The first-order chi connectivity index (χ1) is 11.5. The van der Waals surface area contributed by atoms with Gasteiger partial charge in [0.15, 0.2) is 0 Å². The van der Waals surface area contributed by atoms with Crippen LogP contribution in [0.2, 0.25) is 0 Å². The smallest absolute Gasteiger partial charge is 0.230 e. The molecule has 2 amide bonds. The summed E-state index contributed by atoms with van der Waals surface area (Å²) < 4.78 is 13.0. The fourth-order valence-corrected chi connectivity index (χ4v) is 3.91. The Morgan fingerprint density at radius 3 is 2.67 bits per heavy atom. The van der Waals surface area contributed by atoms with Crippen molar-refractivity contribution < 1.29 is 14.0 Å². The van der Waals surface area contributed by atoms with Gasteiger partial charge in [-0.25, -0.2) is 4.39 Å². The summed E-state index contributed by atoms with van der Waals surface area (Å²) in [6.45, 7) is 3.45. The molecule has 1 aromatic carbocycles. The van der Waals surface area contributed by atoms with Crippen LogP contribution in [-0.2, 0) is 16.1 Å². The molecule has 6 heteroatoms. The molecule has 24 heavy (non-hydrogen) atoms. The van der Waals surface area contributed by atoms with Gasteiger partial charge < -0.3 is 15.5 Å². The van der Waals surface area contributed by atoms with Crippen molar-refractivity contribution in [3.8, 4) is 0 Å². The number of hydrogen-bond donors (Lipinski definition) is 1. The van der Waals surface area contributed by atoms with E-state index in [9.17, 15) is 14.0 Å². The average molecular weight is 333 g/mol. The van der Waals surface area contributed by atoms with E-state index in [-0.39, 0.29) is 23.0 Å². The first kappa shape index (κ1) is 16.9. The van der Waals surface area contributed by atoms with Crippen molar-refractivity contribution in [3.63, 3.8) is 0 Å². The standard InChI is InChI=1S/C18H24FN3O2/c19-15-4-2-14(3-5-15)12-22-9-1-7-18(17(22)24)8-11-21(13-18)10-6-16(20)23/h2-5H,1,6-13H2,(H2,20,23). The summed E-state index contributed by atoms with van der Waals surface area (Å²) in [4.78, 5) is 28.1. The number of nitrogens with two attached hydrogens (primary N) is 1. The zero-order valence-electron chi connectivity index (χ0n) is 13.8. The minimum atomic E-state index is -0.323. The van der Waals surface area contributed by atoms with Crippen molar-refractivity contribution in [1.82, 2.24) is 9.80 Å². The molecular formula is C18H24FN3O2. The summed E-state index contributed by atoms with van der Waals surface area (Å²) in [7, 11) is 0. The first-order valence-corrected chi connectivity index (χ1v) is 8.53. The van der Waals surface area contributed by atoms with Crippen LogP contribution in [0.5, 0.6) is 0 Å². The van der Waals surface area contributed by atoms with Gasteiger partial charge in [-0.15, -0.1) is 0 Å². The number of likely N-dealkylation sites (tertiary alicyclic amines) is 2. The number of benzene rings is 1. The lowest BCUT2D eigenvalue weighted by atomic mass is 9.78. The molecule has 0 aromatic heterocycles. The van der Waals surface area contributed by atoms with E-state index in [1.54, 1.807) is 12.1 Å². The van der Waals surface area contributed by atoms with E-state index >= 15 is 0 Å². The second-order valence-corrected chi connectivity index (χ2v) is 6.98. The number of rotatable bonds is 5. The van der Waals surface area contributed by atoms with Gasteiger partial charge in [0.2, 0.25) is 11.8 Å². The van der Waals surface area contributed by atoms with Gasteiger partial charge in [-0.1, -0.05) is 12.1 Å². The fourth-order valence-electron chi connectivity index (χ4n) is 3.91. The predicted molar refractivity (Wildman–Crippen MR) is 88.4 cm³/mol. The molecule has 3 rings (SSSR count). The van der Waals surface area contributed by atoms with Gasteiger partial charge in [-0.3, -0.25) is 9.59 Å². The molecular weight excluding hydrogens is 309 g/mol.